The Hall–Kier alpha value is -3.03. The number of nitro benzene ring substituents is 1. The Morgan fingerprint density at radius 3 is 2.80 bits per heavy atom. The number of nitrogens with one attached hydrogen (secondary N) is 2. The van der Waals surface area contributed by atoms with Crippen molar-refractivity contribution in [2.24, 2.45) is 4.99 Å². The summed E-state index contributed by atoms with van der Waals surface area (Å²) in [4.78, 5) is 17.0. The van der Waals surface area contributed by atoms with Gasteiger partial charge in [0.25, 0.3) is 5.69 Å². The van der Waals surface area contributed by atoms with Crippen molar-refractivity contribution in [3.8, 4) is 11.8 Å². The molecule has 0 spiro atoms. The molecule has 1 aromatic heterocycles. The van der Waals surface area contributed by atoms with Crippen molar-refractivity contribution in [1.29, 1.82) is 0 Å². The van der Waals surface area contributed by atoms with Gasteiger partial charge in [0.2, 0.25) is 5.88 Å². The maximum Gasteiger partial charge on any atom is 0.276 e. The lowest BCUT2D eigenvalue weighted by atomic mass is 10.1. The summed E-state index contributed by atoms with van der Waals surface area (Å²) in [6, 6.07) is 6.01. The van der Waals surface area contributed by atoms with Crippen LogP contribution in [0.15, 0.2) is 29.3 Å². The summed E-state index contributed by atoms with van der Waals surface area (Å²) in [6.45, 7) is 0.125. The molecule has 0 bridgehead atoms. The molecule has 102 valence electrons. The van der Waals surface area contributed by atoms with Crippen LogP contribution in [0.4, 0.5) is 11.4 Å². The first-order valence-electron chi connectivity index (χ1n) is 5.75. The van der Waals surface area contributed by atoms with Crippen LogP contribution in [0.5, 0.6) is 11.8 Å². The number of nitrogens with zero attached hydrogens (tertiary/aromatic N) is 2. The fraction of sp³-hybridized carbons (Fsp3) is 0.0833. The van der Waals surface area contributed by atoms with Crippen molar-refractivity contribution in [1.82, 2.24) is 4.98 Å². The van der Waals surface area contributed by atoms with Crippen LogP contribution >= 0.6 is 0 Å². The van der Waals surface area contributed by atoms with Crippen molar-refractivity contribution >= 4 is 17.2 Å². The molecule has 3 rings (SSSR count). The van der Waals surface area contributed by atoms with Gasteiger partial charge in [-0.3, -0.25) is 20.1 Å². The molecule has 0 amide bonds. The fourth-order valence-corrected chi connectivity index (χ4v) is 2.12. The van der Waals surface area contributed by atoms with Gasteiger partial charge < -0.3 is 15.5 Å². The normalized spacial score (nSPS) is 13.3. The van der Waals surface area contributed by atoms with E-state index < -0.39 is 4.92 Å². The topological polar surface area (TPSA) is 124 Å². The number of aromatic hydroxyl groups is 2. The van der Waals surface area contributed by atoms with Crippen LogP contribution in [0.1, 0.15) is 11.1 Å². The number of hydrogen-bond acceptors (Lipinski definition) is 6. The first kappa shape index (κ1) is 12.0. The minimum atomic E-state index is -0.458. The molecule has 0 saturated heterocycles. The number of hydrogen-bond donors (Lipinski definition) is 4. The Kier molecular flexibility index (Phi) is 2.56. The summed E-state index contributed by atoms with van der Waals surface area (Å²) in [5.41, 5.74) is 1.35. The maximum absolute atomic E-state index is 10.9. The summed E-state index contributed by atoms with van der Waals surface area (Å²) in [7, 11) is 0. The van der Waals surface area contributed by atoms with Crippen LogP contribution in [0.25, 0.3) is 0 Å². The van der Waals surface area contributed by atoms with Crippen LogP contribution in [-0.4, -0.2) is 26.0 Å². The van der Waals surface area contributed by atoms with Gasteiger partial charge in [0.05, 0.1) is 28.3 Å². The van der Waals surface area contributed by atoms with Crippen molar-refractivity contribution < 1.29 is 15.1 Å². The largest absolute Gasteiger partial charge is 0.494 e. The third kappa shape index (κ3) is 1.83. The van der Waals surface area contributed by atoms with Crippen molar-refractivity contribution in [2.45, 2.75) is 6.54 Å². The number of aliphatic imine (C=N–C) groups is 1. The summed E-state index contributed by atoms with van der Waals surface area (Å²) >= 11 is 0. The van der Waals surface area contributed by atoms with E-state index in [9.17, 15) is 20.3 Å². The molecular formula is C12H10N4O4. The first-order chi connectivity index (χ1) is 9.56. The fourth-order valence-electron chi connectivity index (χ4n) is 2.12. The van der Waals surface area contributed by atoms with E-state index in [4.69, 9.17) is 0 Å². The average Bonchev–Trinajstić information content (AvgIpc) is 2.76. The third-order valence-corrected chi connectivity index (χ3v) is 3.03. The number of aromatic nitrogens is 1. The highest BCUT2D eigenvalue weighted by molar-refractivity contribution is 6.11. The van der Waals surface area contributed by atoms with Gasteiger partial charge in [-0.25, -0.2) is 0 Å². The zero-order chi connectivity index (χ0) is 14.3. The van der Waals surface area contributed by atoms with E-state index in [1.165, 1.54) is 12.1 Å². The Labute approximate surface area is 112 Å². The second kappa shape index (κ2) is 4.26. The lowest BCUT2D eigenvalue weighted by Gasteiger charge is -2.17. The minimum absolute atomic E-state index is 0.000984. The van der Waals surface area contributed by atoms with Gasteiger partial charge in [0, 0.05) is 12.1 Å². The van der Waals surface area contributed by atoms with Gasteiger partial charge in [0.1, 0.15) is 5.84 Å². The van der Waals surface area contributed by atoms with Crippen LogP contribution in [-0.2, 0) is 6.54 Å². The molecule has 0 unspecified atom stereocenters. The number of rotatable bonds is 2. The Morgan fingerprint density at radius 2 is 2.15 bits per heavy atom. The molecule has 0 aliphatic carbocycles. The zero-order valence-corrected chi connectivity index (χ0v) is 10.1. The average molecular weight is 274 g/mol. The molecule has 1 aromatic carbocycles. The standard InChI is InChI=1S/C12H10N4O4/c17-10-4-6(12(18)15-10)11-13-5-7-8(14-11)2-1-3-9(7)16(19)20/h1-4,15,17-18H,5H2,(H,13,14). The second-order valence-corrected chi connectivity index (χ2v) is 4.27. The maximum atomic E-state index is 10.9. The zero-order valence-electron chi connectivity index (χ0n) is 10.1. The molecule has 4 N–H and O–H groups in total. The SMILES string of the molecule is O=[N+]([O-])c1cccc2c1CN=C(c1cc(O)[nH]c1O)N2. The van der Waals surface area contributed by atoms with Gasteiger partial charge in [-0.05, 0) is 6.07 Å². The van der Waals surface area contributed by atoms with E-state index >= 15 is 0 Å². The van der Waals surface area contributed by atoms with E-state index in [2.05, 4.69) is 15.3 Å². The smallest absolute Gasteiger partial charge is 0.276 e. The van der Waals surface area contributed by atoms with Crippen LogP contribution in [0, 0.1) is 10.1 Å². The van der Waals surface area contributed by atoms with E-state index in [1.54, 1.807) is 12.1 Å². The van der Waals surface area contributed by atoms with E-state index in [0.717, 1.165) is 0 Å². The predicted octanol–water partition coefficient (Wildman–Crippen LogP) is 1.71. The van der Waals surface area contributed by atoms with Crippen LogP contribution in [0.2, 0.25) is 0 Å². The van der Waals surface area contributed by atoms with Crippen molar-refractivity contribution in [3.63, 3.8) is 0 Å². The molecule has 1 aliphatic rings. The van der Waals surface area contributed by atoms with E-state index in [0.29, 0.717) is 22.6 Å². The highest BCUT2D eigenvalue weighted by atomic mass is 16.6. The molecule has 2 aromatic rings. The Morgan fingerprint density at radius 1 is 1.35 bits per heavy atom. The monoisotopic (exact) mass is 274 g/mol. The Balaban J connectivity index is 2.01. The third-order valence-electron chi connectivity index (χ3n) is 3.03. The first-order valence-corrected chi connectivity index (χ1v) is 5.75. The van der Waals surface area contributed by atoms with Gasteiger partial charge in [-0.15, -0.1) is 0 Å². The summed E-state index contributed by atoms with van der Waals surface area (Å²) in [5.74, 6) is -0.0680. The molecule has 0 fully saturated rings. The van der Waals surface area contributed by atoms with E-state index in [1.807, 2.05) is 0 Å². The number of fused-ring (bicyclic) bond motifs is 1. The quantitative estimate of drug-likeness (QED) is 0.490. The molecular weight excluding hydrogens is 264 g/mol. The van der Waals surface area contributed by atoms with Crippen molar-refractivity contribution in [3.05, 3.63) is 45.5 Å². The predicted molar refractivity (Wildman–Crippen MR) is 71.1 cm³/mol. The molecule has 8 nitrogen and oxygen atoms in total. The van der Waals surface area contributed by atoms with E-state index in [-0.39, 0.29) is 24.0 Å². The van der Waals surface area contributed by atoms with Gasteiger partial charge in [-0.2, -0.15) is 0 Å². The highest BCUT2D eigenvalue weighted by Crippen LogP contribution is 2.32. The number of aromatic amines is 1. The molecule has 20 heavy (non-hydrogen) atoms. The summed E-state index contributed by atoms with van der Waals surface area (Å²) in [6.07, 6.45) is 0. The molecule has 8 heteroatoms. The number of benzene rings is 1. The molecule has 1 aliphatic heterocycles. The Bertz CT molecular complexity index is 735. The number of amidine groups is 1. The summed E-state index contributed by atoms with van der Waals surface area (Å²) < 4.78 is 0. The number of nitro groups is 1. The molecule has 2 heterocycles. The number of H-pyrrole nitrogens is 1. The molecule has 0 radical (unpaired) electrons. The highest BCUT2D eigenvalue weighted by Gasteiger charge is 2.23. The summed E-state index contributed by atoms with van der Waals surface area (Å²) in [5, 5.41) is 32.8. The van der Waals surface area contributed by atoms with Gasteiger partial charge in [0.15, 0.2) is 5.88 Å². The number of anilines is 1. The van der Waals surface area contributed by atoms with Crippen molar-refractivity contribution in [2.75, 3.05) is 5.32 Å². The van der Waals surface area contributed by atoms with Gasteiger partial charge >= 0.3 is 0 Å². The lowest BCUT2D eigenvalue weighted by molar-refractivity contribution is -0.385. The minimum Gasteiger partial charge on any atom is -0.494 e. The second-order valence-electron chi connectivity index (χ2n) is 4.27. The lowest BCUT2D eigenvalue weighted by Crippen LogP contribution is -2.19. The molecule has 0 atom stereocenters. The molecule has 0 saturated carbocycles. The van der Waals surface area contributed by atoms with Crippen LogP contribution < -0.4 is 5.32 Å². The van der Waals surface area contributed by atoms with Crippen LogP contribution in [0.3, 0.4) is 0 Å². The van der Waals surface area contributed by atoms with Gasteiger partial charge in [-0.1, -0.05) is 6.07 Å².